The Morgan fingerprint density at radius 3 is 1.81 bits per heavy atom. The lowest BCUT2D eigenvalue weighted by molar-refractivity contribution is -0.137. The zero-order chi connectivity index (χ0) is 64.8. The van der Waals surface area contributed by atoms with E-state index in [1.54, 1.807) is 37.4 Å². The van der Waals surface area contributed by atoms with Gasteiger partial charge in [-0.25, -0.2) is 8.42 Å². The Morgan fingerprint density at radius 1 is 0.663 bits per heavy atom. The van der Waals surface area contributed by atoms with E-state index in [1.165, 1.54) is 104 Å². The number of carbonyl (C=O) groups is 9. The molecule has 1 aliphatic rings. The van der Waals surface area contributed by atoms with Crippen molar-refractivity contribution in [3.05, 3.63) is 160 Å². The maximum atomic E-state index is 15.2. The highest BCUT2D eigenvalue weighted by Gasteiger charge is 2.37. The van der Waals surface area contributed by atoms with Crippen LogP contribution in [0.25, 0.3) is 0 Å². The lowest BCUT2D eigenvalue weighted by Crippen LogP contribution is -2.62. The van der Waals surface area contributed by atoms with Crippen LogP contribution in [-0.4, -0.2) is 150 Å². The first-order valence-corrected chi connectivity index (χ1v) is 32.7. The molecular weight excluding hydrogens is 1230 g/mol. The van der Waals surface area contributed by atoms with E-state index in [2.05, 4.69) is 41.9 Å². The van der Waals surface area contributed by atoms with Crippen molar-refractivity contribution in [2.75, 3.05) is 25.1 Å². The van der Waals surface area contributed by atoms with Crippen molar-refractivity contribution >= 4 is 96.3 Å². The predicted molar refractivity (Wildman–Crippen MR) is 336 cm³/mol. The molecule has 1 saturated heterocycles. The van der Waals surface area contributed by atoms with E-state index in [0.29, 0.717) is 46.7 Å². The first kappa shape index (κ1) is 70.0. The number of phenols is 2. The Hall–Kier alpha value is -8.05. The van der Waals surface area contributed by atoms with Crippen LogP contribution in [0, 0.1) is 5.92 Å². The Balaban J connectivity index is 1.45. The molecule has 15 N–H and O–H groups in total. The van der Waals surface area contributed by atoms with Gasteiger partial charge in [-0.3, -0.25) is 43.2 Å². The van der Waals surface area contributed by atoms with Crippen LogP contribution in [0.3, 0.4) is 0 Å². The minimum Gasteiger partial charge on any atom is -0.508 e. The number of benzene rings is 5. The Labute approximate surface area is 528 Å². The summed E-state index contributed by atoms with van der Waals surface area (Å²) in [5, 5.41) is 50.4. The molecule has 0 bridgehead atoms. The number of carbonyl (C=O) groups excluding carboxylic acids is 9. The number of aliphatic hydroxyl groups is 1. The van der Waals surface area contributed by atoms with E-state index in [9.17, 15) is 57.3 Å². The van der Waals surface area contributed by atoms with Crippen molar-refractivity contribution in [1.29, 1.82) is 0 Å². The smallest absolute Gasteiger partial charge is 0.248 e. The number of rotatable bonds is 23. The minimum absolute atomic E-state index is 0.0326. The van der Waals surface area contributed by atoms with Crippen molar-refractivity contribution in [1.82, 2.24) is 41.9 Å². The first-order valence-electron chi connectivity index (χ1n) is 28.4. The molecule has 1 fully saturated rings. The molecule has 0 radical (unpaired) electrons. The molecule has 5 aromatic carbocycles. The normalized spacial score (nSPS) is 20.2. The van der Waals surface area contributed by atoms with Crippen LogP contribution in [0.2, 0.25) is 5.02 Å². The fraction of sp³-hybridized carbons (Fsp3) is 0.361. The fourth-order valence-electron chi connectivity index (χ4n) is 9.38. The molecule has 1 heterocycles. The molecule has 1 aliphatic heterocycles. The number of hydrogen-bond acceptors (Lipinski definition) is 17. The van der Waals surface area contributed by atoms with Gasteiger partial charge in [-0.2, -0.15) is 4.72 Å². The predicted octanol–water partition coefficient (Wildman–Crippen LogP) is 1.60. The molecule has 28 heteroatoms. The number of nitrogens with two attached hydrogens (primary N) is 2. The molecule has 476 valence electrons. The number of aliphatic hydroxyl groups excluding tert-OH is 1. The molecule has 0 spiro atoms. The third-order valence-corrected chi connectivity index (χ3v) is 18.5. The van der Waals surface area contributed by atoms with Crippen LogP contribution < -0.4 is 53.4 Å². The average molecular weight is 1300 g/mol. The number of unbranched alkanes of at least 4 members (excludes halogenated alkanes) is 1. The van der Waals surface area contributed by atoms with Gasteiger partial charge in [0.05, 0.1) is 17.0 Å². The Bertz CT molecular complexity index is 3370. The van der Waals surface area contributed by atoms with Gasteiger partial charge >= 0.3 is 0 Å². The summed E-state index contributed by atoms with van der Waals surface area (Å²) < 4.78 is 30.3. The van der Waals surface area contributed by atoms with E-state index in [1.807, 2.05) is 0 Å². The second kappa shape index (κ2) is 34.1. The van der Waals surface area contributed by atoms with Crippen LogP contribution in [-0.2, 0) is 74.1 Å². The largest absolute Gasteiger partial charge is 0.508 e. The highest BCUT2D eigenvalue weighted by molar-refractivity contribution is 8.76. The monoisotopic (exact) mass is 1300 g/mol. The number of aromatic hydroxyl groups is 2. The maximum Gasteiger partial charge on any atom is 0.248 e. The highest BCUT2D eigenvalue weighted by Crippen LogP contribution is 2.26. The summed E-state index contributed by atoms with van der Waals surface area (Å²) in [6, 6.07) is 19.9. The van der Waals surface area contributed by atoms with Crippen molar-refractivity contribution in [2.24, 2.45) is 17.4 Å². The first-order chi connectivity index (χ1) is 42.4. The summed E-state index contributed by atoms with van der Waals surface area (Å²) >= 11 is 6.19. The third-order valence-electron chi connectivity index (χ3n) is 14.4. The van der Waals surface area contributed by atoms with Crippen molar-refractivity contribution in [3.63, 3.8) is 0 Å². The van der Waals surface area contributed by atoms with Crippen molar-refractivity contribution in [2.45, 2.75) is 112 Å². The molecule has 89 heavy (non-hydrogen) atoms. The molecule has 0 saturated carbocycles. The van der Waals surface area contributed by atoms with E-state index in [0.717, 1.165) is 21.6 Å². The summed E-state index contributed by atoms with van der Waals surface area (Å²) in [6.07, 6.45) is -2.35. The topological polar surface area (TPSA) is 397 Å². The molecule has 5 aromatic rings. The van der Waals surface area contributed by atoms with Crippen LogP contribution in [0.5, 0.6) is 11.5 Å². The Kier molecular flexibility index (Phi) is 26.8. The number of halogens is 1. The average Bonchev–Trinajstić information content (AvgIpc) is 3.52. The molecule has 6 rings (SSSR count). The zero-order valence-electron chi connectivity index (χ0n) is 48.7. The molecule has 0 aromatic heterocycles. The number of phenolic OH excluding ortho intramolecular Hbond substituents is 2. The molecule has 0 aliphatic carbocycles. The molecule has 8 amide bonds. The van der Waals surface area contributed by atoms with Crippen molar-refractivity contribution < 1.29 is 66.9 Å². The Morgan fingerprint density at radius 2 is 1.21 bits per heavy atom. The maximum absolute atomic E-state index is 15.2. The minimum atomic E-state index is -4.42. The van der Waals surface area contributed by atoms with Crippen LogP contribution in [0.1, 0.15) is 65.2 Å². The van der Waals surface area contributed by atoms with Crippen LogP contribution in [0.15, 0.2) is 132 Å². The van der Waals surface area contributed by atoms with Gasteiger partial charge in [0.25, 0.3) is 0 Å². The van der Waals surface area contributed by atoms with Gasteiger partial charge in [0, 0.05) is 47.3 Å². The quantitative estimate of drug-likeness (QED) is 0.0326. The summed E-state index contributed by atoms with van der Waals surface area (Å²) in [4.78, 5) is 128. The number of nitrogens with one attached hydrogen (secondary N) is 8. The summed E-state index contributed by atoms with van der Waals surface area (Å²) in [7, 11) is -0.881. The van der Waals surface area contributed by atoms with Gasteiger partial charge in [0.1, 0.15) is 47.8 Å². The van der Waals surface area contributed by atoms with Gasteiger partial charge in [-0.1, -0.05) is 99.9 Å². The van der Waals surface area contributed by atoms with E-state index < -0.39 is 124 Å². The highest BCUT2D eigenvalue weighted by atomic mass is 35.5. The number of hydrogen-bond donors (Lipinski definition) is 13. The number of amides is 8. The number of primary amides is 2. The van der Waals surface area contributed by atoms with Gasteiger partial charge < -0.3 is 64.0 Å². The standard InChI is InChI=1S/C61H73ClN10O14S3/c1-35(73)53-61(84)70-51(60(83)67-47(55(64)78)29-39-17-25-44(75)26-18-39)34-88-87-33-50(69-59(82)49(31-38-13-21-42(62)22-14-38)72-89(85,86)45-8-4-3-5-9-45)52(76)32-41(28-36-15-23-43(74)24-16-36)56(79)68-48(30-37-11-19-40(20-12-37)54(63)77)58(81)66-46(57(80)71-53)10-6-7-27-65-2/h3-5,8-9,11-26,35,41,46-51,53,65,72-75H,6-7,10,27-34H2,1-2H3,(H2,63,77)(H2,64,78)(H,66,81)(H,67,83)(H,68,79)(H,69,82)(H,70,84)(H,71,80)/t35-,41-,46+,47-,48-,49+,50-,51+,53+/m1/s1. The van der Waals surface area contributed by atoms with E-state index in [4.69, 9.17) is 23.1 Å². The van der Waals surface area contributed by atoms with Gasteiger partial charge in [-0.05, 0) is 136 Å². The molecule has 0 unspecified atom stereocenters. The zero-order valence-corrected chi connectivity index (χ0v) is 51.9. The lowest BCUT2D eigenvalue weighted by Gasteiger charge is -2.29. The van der Waals surface area contributed by atoms with Gasteiger partial charge in [-0.15, -0.1) is 0 Å². The molecule has 24 nitrogen and oxygen atoms in total. The fourth-order valence-corrected chi connectivity index (χ4v) is 13.1. The summed E-state index contributed by atoms with van der Waals surface area (Å²) in [6.45, 7) is 1.71. The molecular formula is C61H73ClN10O14S3. The second-order valence-electron chi connectivity index (χ2n) is 21.3. The third kappa shape index (κ3) is 22.2. The summed E-state index contributed by atoms with van der Waals surface area (Å²) in [5.74, 6) is -10.4. The SMILES string of the molecule is CNCCCC[C@@H]1NC(=O)[C@@H](Cc2ccc(C(N)=O)cc2)NC(=O)[C@H](Cc2ccc(O)cc2)CC(=O)[C@H](NC(=O)[C@H](Cc2ccc(Cl)cc2)NS(=O)(=O)c2ccccc2)CSSC[C@@H](C(=O)N[C@H](Cc2ccc(O)cc2)C(N)=O)NC(=O)[C@H]([C@@H](C)O)NC1=O. The molecule has 9 atom stereocenters. The lowest BCUT2D eigenvalue weighted by atomic mass is 9.90. The number of ketones is 1. The second-order valence-corrected chi connectivity index (χ2v) is 26.0. The number of sulfonamides is 1. The van der Waals surface area contributed by atoms with Gasteiger partial charge in [0.15, 0.2) is 5.78 Å². The van der Waals surface area contributed by atoms with Crippen LogP contribution in [0.4, 0.5) is 0 Å². The van der Waals surface area contributed by atoms with Gasteiger partial charge in [0.2, 0.25) is 57.3 Å². The van der Waals surface area contributed by atoms with E-state index >= 15 is 9.59 Å². The number of Topliss-reactive ketones (excluding diaryl/α,β-unsaturated/α-hetero) is 1. The van der Waals surface area contributed by atoms with Crippen molar-refractivity contribution in [3.8, 4) is 11.5 Å². The summed E-state index contributed by atoms with van der Waals surface area (Å²) in [5.41, 5.74) is 13.2. The van der Waals surface area contributed by atoms with E-state index in [-0.39, 0.29) is 65.6 Å². The van der Waals surface area contributed by atoms with Crippen LogP contribution >= 0.6 is 33.2 Å².